The Morgan fingerprint density at radius 1 is 0.659 bits per heavy atom. The van der Waals surface area contributed by atoms with E-state index >= 15 is 0 Å². The minimum Gasteiger partial charge on any atom is -0.343 e. The first-order valence-electron chi connectivity index (χ1n) is 16.0. The van der Waals surface area contributed by atoms with Gasteiger partial charge in [-0.15, -0.1) is 0 Å². The van der Waals surface area contributed by atoms with E-state index in [1.807, 2.05) is 6.07 Å². The number of carbonyl (C=O) groups excluding carboxylic acids is 2. The van der Waals surface area contributed by atoms with Crippen molar-refractivity contribution in [3.63, 3.8) is 0 Å². The molecule has 0 spiro atoms. The van der Waals surface area contributed by atoms with Crippen LogP contribution in [0.1, 0.15) is 81.5 Å². The Balaban J connectivity index is 1.46. The van der Waals surface area contributed by atoms with Crippen molar-refractivity contribution in [2.24, 2.45) is 10.8 Å². The van der Waals surface area contributed by atoms with E-state index in [4.69, 9.17) is 0 Å². The minimum absolute atomic E-state index is 0.152. The summed E-state index contributed by atoms with van der Waals surface area (Å²) in [5.74, 6) is 0.00103. The maximum absolute atomic E-state index is 14.4. The van der Waals surface area contributed by atoms with Crippen LogP contribution in [0.2, 0.25) is 0 Å². The van der Waals surface area contributed by atoms with Crippen LogP contribution in [0.15, 0.2) is 108 Å². The third-order valence-electron chi connectivity index (χ3n) is 9.81. The van der Waals surface area contributed by atoms with E-state index in [0.29, 0.717) is 19.4 Å². The predicted molar refractivity (Wildman–Crippen MR) is 177 cm³/mol. The van der Waals surface area contributed by atoms with E-state index in [1.165, 1.54) is 16.7 Å². The van der Waals surface area contributed by atoms with Crippen LogP contribution in [0.5, 0.6) is 0 Å². The van der Waals surface area contributed by atoms with Crippen molar-refractivity contribution in [1.82, 2.24) is 9.47 Å². The lowest BCUT2D eigenvalue weighted by Gasteiger charge is -2.49. The summed E-state index contributed by atoms with van der Waals surface area (Å²) in [6.45, 7) is 12.3. The van der Waals surface area contributed by atoms with Gasteiger partial charge in [0.15, 0.2) is 11.6 Å². The molecule has 2 heterocycles. The maximum atomic E-state index is 14.4. The van der Waals surface area contributed by atoms with E-state index in [2.05, 4.69) is 123 Å². The van der Waals surface area contributed by atoms with E-state index in [9.17, 15) is 9.59 Å². The van der Waals surface area contributed by atoms with Crippen molar-refractivity contribution < 1.29 is 9.59 Å². The molecule has 0 atom stereocenters. The minimum atomic E-state index is -0.358. The topological polar surface area (TPSA) is 42.3 Å². The van der Waals surface area contributed by atoms with Crippen LogP contribution in [-0.4, -0.2) is 21.0 Å². The summed E-state index contributed by atoms with van der Waals surface area (Å²) in [6.07, 6.45) is 4.84. The first-order valence-corrected chi connectivity index (χ1v) is 16.0. The van der Waals surface area contributed by atoms with E-state index in [0.717, 1.165) is 58.4 Å². The van der Waals surface area contributed by atoms with Crippen LogP contribution >= 0.6 is 0 Å². The Labute approximate surface area is 261 Å². The normalized spacial score (nSPS) is 19.9. The molecule has 0 fully saturated rings. The summed E-state index contributed by atoms with van der Waals surface area (Å²) >= 11 is 0. The zero-order valence-electron chi connectivity index (χ0n) is 26.6. The average Bonchev–Trinajstić information content (AvgIpc) is 3.32. The van der Waals surface area contributed by atoms with Crippen LogP contribution in [-0.2, 0) is 22.7 Å². The van der Waals surface area contributed by atoms with Gasteiger partial charge in [0.05, 0.1) is 0 Å². The molecule has 2 aliphatic carbocycles. The number of aryl methyl sites for hydroxylation is 1. The van der Waals surface area contributed by atoms with Gasteiger partial charge in [0.25, 0.3) is 0 Å². The molecule has 0 N–H and O–H groups in total. The fourth-order valence-corrected chi connectivity index (χ4v) is 7.84. The molecule has 4 aromatic rings. The molecule has 1 aromatic heterocycles. The summed E-state index contributed by atoms with van der Waals surface area (Å²) in [4.78, 5) is 31.1. The van der Waals surface area contributed by atoms with Crippen LogP contribution in [0.4, 0.5) is 0 Å². The summed E-state index contributed by atoms with van der Waals surface area (Å²) in [5, 5.41) is 1.12. The highest BCUT2D eigenvalue weighted by atomic mass is 16.1. The fourth-order valence-electron chi connectivity index (χ4n) is 7.84. The molecular weight excluding hydrogens is 540 g/mol. The smallest absolute Gasteiger partial charge is 0.162 e. The Bertz CT molecular complexity index is 1800. The summed E-state index contributed by atoms with van der Waals surface area (Å²) < 4.78 is 2.31. The molecule has 0 unspecified atom stereocenters. The van der Waals surface area contributed by atoms with Gasteiger partial charge in [-0.05, 0) is 53.4 Å². The summed E-state index contributed by atoms with van der Waals surface area (Å²) in [7, 11) is 0. The fraction of sp³-hybridized carbons (Fsp3) is 0.350. The highest BCUT2D eigenvalue weighted by Crippen LogP contribution is 2.55. The first-order chi connectivity index (χ1) is 21.0. The van der Waals surface area contributed by atoms with Crippen molar-refractivity contribution in [2.45, 2.75) is 79.3 Å². The number of allylic oxidation sites excluding steroid dienone is 4. The standard InChI is InChI=1S/C40H42N2O2/c1-26-15-17-28(18-16-26)23-41-25-30(29-13-9-10-14-31(29)41)36-37-32(19-39(2,3)21-34(37)43)42(24-27-11-7-6-8-12-27)33-20-40(4,5)22-35(44)38(33)36/h6-18,25,36H,19-24H2,1-5H3. The molecule has 224 valence electrons. The summed E-state index contributed by atoms with van der Waals surface area (Å²) in [6, 6.07) is 27.7. The number of nitrogens with zero attached hydrogens (tertiary/aromatic N) is 2. The van der Waals surface area contributed by atoms with Gasteiger partial charge < -0.3 is 9.47 Å². The van der Waals surface area contributed by atoms with Crippen molar-refractivity contribution in [2.75, 3.05) is 0 Å². The second kappa shape index (κ2) is 10.5. The number of hydrogen-bond donors (Lipinski definition) is 0. The number of benzene rings is 3. The molecule has 3 aromatic carbocycles. The molecule has 3 aliphatic rings. The van der Waals surface area contributed by atoms with Gasteiger partial charge in [-0.2, -0.15) is 0 Å². The predicted octanol–water partition coefficient (Wildman–Crippen LogP) is 8.88. The van der Waals surface area contributed by atoms with Crippen LogP contribution < -0.4 is 0 Å². The van der Waals surface area contributed by atoms with Gasteiger partial charge in [-0.1, -0.05) is 106 Å². The lowest BCUT2D eigenvalue weighted by atomic mass is 9.63. The third-order valence-corrected chi connectivity index (χ3v) is 9.81. The first kappa shape index (κ1) is 28.6. The molecule has 0 amide bonds. The quantitative estimate of drug-likeness (QED) is 0.236. The van der Waals surface area contributed by atoms with Crippen LogP contribution in [0.3, 0.4) is 0 Å². The molecule has 44 heavy (non-hydrogen) atoms. The number of para-hydroxylation sites is 1. The van der Waals surface area contributed by atoms with Gasteiger partial charge in [0.2, 0.25) is 0 Å². The largest absolute Gasteiger partial charge is 0.343 e. The number of ketones is 2. The van der Waals surface area contributed by atoms with Gasteiger partial charge in [-0.3, -0.25) is 9.59 Å². The molecule has 0 saturated carbocycles. The Hall–Kier alpha value is -4.18. The number of fused-ring (bicyclic) bond motifs is 1. The number of Topliss-reactive ketones (excluding diaryl/α,β-unsaturated/α-hetero) is 2. The molecule has 4 nitrogen and oxygen atoms in total. The summed E-state index contributed by atoms with van der Waals surface area (Å²) in [5.41, 5.74) is 9.46. The van der Waals surface area contributed by atoms with E-state index in [-0.39, 0.29) is 28.3 Å². The van der Waals surface area contributed by atoms with Crippen molar-refractivity contribution in [3.8, 4) is 0 Å². The molecule has 0 saturated heterocycles. The SMILES string of the molecule is Cc1ccc(Cn2cc(C3C4=C(CC(C)(C)CC4=O)N(Cc4ccccc4)C4=C3C(=O)CC(C)(C)C4)c3ccccc32)cc1. The highest BCUT2D eigenvalue weighted by Gasteiger charge is 2.49. The molecule has 0 bridgehead atoms. The molecule has 1 aliphatic heterocycles. The van der Waals surface area contributed by atoms with E-state index in [1.54, 1.807) is 0 Å². The molecule has 4 heteroatoms. The molecular formula is C40H42N2O2. The van der Waals surface area contributed by atoms with Gasteiger partial charge >= 0.3 is 0 Å². The molecule has 0 radical (unpaired) electrons. The number of hydrogen-bond acceptors (Lipinski definition) is 3. The number of aromatic nitrogens is 1. The van der Waals surface area contributed by atoms with Crippen LogP contribution in [0.25, 0.3) is 10.9 Å². The Kier molecular flexibility index (Phi) is 6.80. The third kappa shape index (κ3) is 5.04. The van der Waals surface area contributed by atoms with Crippen molar-refractivity contribution in [3.05, 3.63) is 130 Å². The van der Waals surface area contributed by atoms with Gasteiger partial charge in [-0.25, -0.2) is 0 Å². The Morgan fingerprint density at radius 3 is 1.82 bits per heavy atom. The monoisotopic (exact) mass is 582 g/mol. The van der Waals surface area contributed by atoms with Crippen molar-refractivity contribution in [1.29, 1.82) is 0 Å². The average molecular weight is 583 g/mol. The highest BCUT2D eigenvalue weighted by molar-refractivity contribution is 6.08. The molecule has 7 rings (SSSR count). The van der Waals surface area contributed by atoms with Crippen molar-refractivity contribution >= 4 is 22.5 Å². The zero-order chi connectivity index (χ0) is 30.8. The van der Waals surface area contributed by atoms with Crippen LogP contribution in [0, 0.1) is 17.8 Å². The second-order valence-electron chi connectivity index (χ2n) is 14.8. The Morgan fingerprint density at radius 2 is 1.20 bits per heavy atom. The number of rotatable bonds is 5. The van der Waals surface area contributed by atoms with Gasteiger partial charge in [0.1, 0.15) is 0 Å². The van der Waals surface area contributed by atoms with E-state index < -0.39 is 0 Å². The number of carbonyl (C=O) groups is 2. The lowest BCUT2D eigenvalue weighted by molar-refractivity contribution is -0.119. The maximum Gasteiger partial charge on any atom is 0.162 e. The second-order valence-corrected chi connectivity index (χ2v) is 14.8. The lowest BCUT2D eigenvalue weighted by Crippen LogP contribution is -2.44. The van der Waals surface area contributed by atoms with Gasteiger partial charge in [0, 0.05) is 71.5 Å². The zero-order valence-corrected chi connectivity index (χ0v) is 26.6.